The van der Waals surface area contributed by atoms with Crippen LogP contribution in [0.15, 0.2) is 51.6 Å². The number of benzene rings is 1. The summed E-state index contributed by atoms with van der Waals surface area (Å²) in [6.07, 6.45) is 2.06. The van der Waals surface area contributed by atoms with Crippen LogP contribution < -0.4 is 5.32 Å². The van der Waals surface area contributed by atoms with Crippen LogP contribution in [0.5, 0.6) is 0 Å². The van der Waals surface area contributed by atoms with Crippen LogP contribution in [0.3, 0.4) is 0 Å². The van der Waals surface area contributed by atoms with Crippen LogP contribution in [0.2, 0.25) is 0 Å². The van der Waals surface area contributed by atoms with Crippen molar-refractivity contribution in [2.24, 2.45) is 5.10 Å². The number of carboxylic acid groups (broad SMARTS) is 2. The smallest absolute Gasteiger partial charge is 0.341 e. The summed E-state index contributed by atoms with van der Waals surface area (Å²) in [5, 5.41) is 42.3. The summed E-state index contributed by atoms with van der Waals surface area (Å²) in [6, 6.07) is 5.81. The maximum atomic E-state index is 13.2. The second-order valence-corrected chi connectivity index (χ2v) is 7.65. The normalized spacial score (nSPS) is 12.8. The van der Waals surface area contributed by atoms with E-state index in [0.717, 1.165) is 37.3 Å². The van der Waals surface area contributed by atoms with E-state index >= 15 is 0 Å². The van der Waals surface area contributed by atoms with Gasteiger partial charge in [-0.2, -0.15) is 18.9 Å². The van der Waals surface area contributed by atoms with Crippen molar-refractivity contribution < 1.29 is 37.8 Å². The van der Waals surface area contributed by atoms with Gasteiger partial charge in [0.25, 0.3) is 10.0 Å². The van der Waals surface area contributed by atoms with E-state index in [1.165, 1.54) is 12.1 Å². The Hall–Kier alpha value is -4.69. The highest BCUT2D eigenvalue weighted by Crippen LogP contribution is 2.29. The number of hydrogen-bond acceptors (Lipinski definition) is 9. The molecule has 0 fully saturated rings. The number of rotatable bonds is 6. The Morgan fingerprint density at radius 3 is 2.38 bits per heavy atom. The van der Waals surface area contributed by atoms with Gasteiger partial charge in [-0.25, -0.2) is 9.59 Å². The fraction of sp³-hybridized carbons (Fsp3) is 0.111. The first-order chi connectivity index (χ1) is 15.0. The Labute approximate surface area is 180 Å². The van der Waals surface area contributed by atoms with E-state index in [4.69, 9.17) is 20.4 Å². The summed E-state index contributed by atoms with van der Waals surface area (Å²) in [4.78, 5) is 32.9. The van der Waals surface area contributed by atoms with E-state index in [-0.39, 0.29) is 10.1 Å². The highest BCUT2D eigenvalue weighted by atomic mass is 32.2. The van der Waals surface area contributed by atoms with Crippen LogP contribution in [0.25, 0.3) is 0 Å². The zero-order chi connectivity index (χ0) is 24.1. The Kier molecular flexibility index (Phi) is 6.94. The van der Waals surface area contributed by atoms with Gasteiger partial charge in [-0.15, -0.1) is 9.52 Å². The van der Waals surface area contributed by atoms with Crippen molar-refractivity contribution in [2.75, 3.05) is 11.9 Å². The molecule has 1 aliphatic heterocycles. The average molecular weight is 459 g/mol. The summed E-state index contributed by atoms with van der Waals surface area (Å²) in [5.41, 5.74) is -1.83. The minimum absolute atomic E-state index is 0.165. The van der Waals surface area contributed by atoms with Crippen molar-refractivity contribution in [3.05, 3.63) is 47.2 Å². The molecule has 1 heterocycles. The zero-order valence-electron chi connectivity index (χ0n) is 16.1. The number of amides is 1. The fourth-order valence-electron chi connectivity index (χ4n) is 2.36. The number of allylic oxidation sites excluding steroid dienone is 2. The number of nitriles is 2. The lowest BCUT2D eigenvalue weighted by molar-refractivity contribution is -0.139. The van der Waals surface area contributed by atoms with Crippen molar-refractivity contribution in [3.63, 3.8) is 0 Å². The third-order valence-corrected chi connectivity index (χ3v) is 5.24. The van der Waals surface area contributed by atoms with Gasteiger partial charge in [0.15, 0.2) is 12.2 Å². The van der Waals surface area contributed by atoms with E-state index in [1.54, 1.807) is 0 Å². The predicted octanol–water partition coefficient (Wildman–Crippen LogP) is 0.620. The summed E-state index contributed by atoms with van der Waals surface area (Å²) in [6.45, 7) is 0.278. The predicted molar refractivity (Wildman–Crippen MR) is 105 cm³/mol. The summed E-state index contributed by atoms with van der Waals surface area (Å²) < 4.78 is 31.5. The lowest BCUT2D eigenvalue weighted by Crippen LogP contribution is -2.30. The number of sulfonamides is 1. The van der Waals surface area contributed by atoms with Crippen LogP contribution in [-0.4, -0.2) is 53.4 Å². The number of ether oxygens (including phenoxy) is 1. The van der Waals surface area contributed by atoms with Crippen molar-refractivity contribution >= 4 is 39.5 Å². The number of carboxylic acids is 2. The van der Waals surface area contributed by atoms with Crippen LogP contribution >= 0.6 is 0 Å². The molecule has 0 bridgehead atoms. The second kappa shape index (κ2) is 9.41. The Morgan fingerprint density at radius 2 is 1.84 bits per heavy atom. The van der Waals surface area contributed by atoms with Gasteiger partial charge in [-0.05, 0) is 24.3 Å². The SMILES string of the molecule is CC(=O)Nc1ccc(S(=O)(=O)N2N=C(OCC(=O)O)C=CC2=C(C#N)C#N)cc1C(=O)O. The Morgan fingerprint density at radius 1 is 1.19 bits per heavy atom. The molecule has 14 heteroatoms. The molecular weight excluding hydrogens is 446 g/mol. The van der Waals surface area contributed by atoms with Crippen LogP contribution in [0.1, 0.15) is 17.3 Å². The first-order valence-electron chi connectivity index (χ1n) is 8.37. The maximum Gasteiger partial charge on any atom is 0.341 e. The van der Waals surface area contributed by atoms with Gasteiger partial charge < -0.3 is 20.3 Å². The molecule has 32 heavy (non-hydrogen) atoms. The lowest BCUT2D eigenvalue weighted by atomic mass is 10.2. The number of nitrogens with zero attached hydrogens (tertiary/aromatic N) is 4. The molecule has 0 saturated heterocycles. The number of hydrazone groups is 1. The molecule has 164 valence electrons. The van der Waals surface area contributed by atoms with Gasteiger partial charge in [-0.3, -0.25) is 4.79 Å². The molecule has 0 atom stereocenters. The topological polar surface area (TPSA) is 210 Å². The van der Waals surface area contributed by atoms with E-state index in [2.05, 4.69) is 10.4 Å². The molecule has 0 spiro atoms. The van der Waals surface area contributed by atoms with Crippen molar-refractivity contribution in [1.82, 2.24) is 4.41 Å². The molecule has 13 nitrogen and oxygen atoms in total. The van der Waals surface area contributed by atoms with E-state index < -0.39 is 62.1 Å². The Balaban J connectivity index is 2.66. The number of nitrogens with one attached hydrogen (secondary N) is 1. The monoisotopic (exact) mass is 459 g/mol. The second-order valence-electron chi connectivity index (χ2n) is 5.88. The quantitative estimate of drug-likeness (QED) is 0.505. The van der Waals surface area contributed by atoms with Gasteiger partial charge in [0.1, 0.15) is 17.8 Å². The molecule has 2 rings (SSSR count). The molecule has 1 aromatic carbocycles. The molecular formula is C18H13N5O8S. The molecule has 0 radical (unpaired) electrons. The third-order valence-electron chi connectivity index (χ3n) is 3.66. The molecule has 0 unspecified atom stereocenters. The summed E-state index contributed by atoms with van der Waals surface area (Å²) in [5.74, 6) is -3.95. The maximum absolute atomic E-state index is 13.2. The molecule has 0 aromatic heterocycles. The largest absolute Gasteiger partial charge is 0.479 e. The number of carbonyl (C=O) groups is 3. The summed E-state index contributed by atoms with van der Waals surface area (Å²) in [7, 11) is -4.72. The van der Waals surface area contributed by atoms with Gasteiger partial charge in [0.05, 0.1) is 16.1 Å². The molecule has 0 saturated carbocycles. The fourth-order valence-corrected chi connectivity index (χ4v) is 3.67. The molecule has 0 aliphatic carbocycles. The van der Waals surface area contributed by atoms with Gasteiger partial charge >= 0.3 is 11.9 Å². The number of hydrogen-bond donors (Lipinski definition) is 3. The number of carbonyl (C=O) groups excluding carboxylic acids is 1. The number of anilines is 1. The summed E-state index contributed by atoms with van der Waals surface area (Å²) >= 11 is 0. The zero-order valence-corrected chi connectivity index (χ0v) is 17.0. The van der Waals surface area contributed by atoms with E-state index in [1.807, 2.05) is 0 Å². The van der Waals surface area contributed by atoms with E-state index in [9.17, 15) is 27.9 Å². The van der Waals surface area contributed by atoms with Crippen molar-refractivity contribution in [1.29, 1.82) is 10.5 Å². The van der Waals surface area contributed by atoms with Crippen LogP contribution in [0, 0.1) is 22.7 Å². The first-order valence-corrected chi connectivity index (χ1v) is 9.81. The highest BCUT2D eigenvalue weighted by molar-refractivity contribution is 7.89. The minimum atomic E-state index is -4.72. The van der Waals surface area contributed by atoms with Crippen molar-refractivity contribution in [2.45, 2.75) is 11.8 Å². The van der Waals surface area contributed by atoms with Gasteiger partial charge in [-0.1, -0.05) is 0 Å². The first kappa shape index (κ1) is 23.6. The van der Waals surface area contributed by atoms with Gasteiger partial charge in [0.2, 0.25) is 11.8 Å². The van der Waals surface area contributed by atoms with Crippen molar-refractivity contribution in [3.8, 4) is 12.1 Å². The number of aromatic carboxylic acids is 1. The van der Waals surface area contributed by atoms with Crippen LogP contribution in [0.4, 0.5) is 5.69 Å². The van der Waals surface area contributed by atoms with E-state index in [0.29, 0.717) is 0 Å². The molecule has 3 N–H and O–H groups in total. The molecule has 1 aliphatic rings. The highest BCUT2D eigenvalue weighted by Gasteiger charge is 2.32. The third kappa shape index (κ3) is 5.07. The number of aliphatic carboxylic acids is 1. The van der Waals surface area contributed by atoms with Crippen LogP contribution in [-0.2, 0) is 24.3 Å². The molecule has 1 amide bonds. The minimum Gasteiger partial charge on any atom is -0.479 e. The standard InChI is InChI=1S/C18H13N5O8S/c1-10(24)21-14-3-2-12(6-13(14)18(27)28)32(29,30)23-15(11(7-19)8-20)4-5-16(22-23)31-9-17(25)26/h2-6H,9H2,1H3,(H,21,24)(H,25,26)(H,27,28). The van der Waals surface area contributed by atoms with Gasteiger partial charge in [0, 0.05) is 13.0 Å². The molecule has 1 aromatic rings. The lowest BCUT2D eigenvalue weighted by Gasteiger charge is -2.24. The Bertz CT molecular complexity index is 1270. The average Bonchev–Trinajstić information content (AvgIpc) is 2.73.